The fourth-order valence-electron chi connectivity index (χ4n) is 2.87. The van der Waals surface area contributed by atoms with Crippen LogP contribution in [0.25, 0.3) is 11.0 Å². The van der Waals surface area contributed by atoms with E-state index in [1.165, 1.54) is 18.6 Å². The predicted octanol–water partition coefficient (Wildman–Crippen LogP) is 2.73. The number of hydrogen-bond acceptors (Lipinski definition) is 2. The van der Waals surface area contributed by atoms with E-state index in [-0.39, 0.29) is 11.2 Å². The number of aromatic nitrogens is 2. The van der Waals surface area contributed by atoms with Crippen molar-refractivity contribution in [3.05, 3.63) is 29.8 Å². The van der Waals surface area contributed by atoms with Gasteiger partial charge in [-0.05, 0) is 44.0 Å². The summed E-state index contributed by atoms with van der Waals surface area (Å²) in [6, 6.07) is 4.72. The first-order valence-corrected chi connectivity index (χ1v) is 6.60. The van der Waals surface area contributed by atoms with Crippen molar-refractivity contribution in [2.45, 2.75) is 31.6 Å². The first kappa shape index (κ1) is 11.7. The molecule has 2 aromatic rings. The molecule has 3 rings (SSSR count). The second kappa shape index (κ2) is 4.35. The number of benzene rings is 1. The third-order valence-corrected chi connectivity index (χ3v) is 4.10. The first-order chi connectivity index (χ1) is 8.73. The average Bonchev–Trinajstić information content (AvgIpc) is 2.83. The zero-order valence-corrected chi connectivity index (χ0v) is 10.6. The van der Waals surface area contributed by atoms with E-state index in [0.717, 1.165) is 42.8 Å². The molecule has 2 N–H and O–H groups in total. The molecule has 0 saturated carbocycles. The van der Waals surface area contributed by atoms with Crippen molar-refractivity contribution >= 4 is 11.0 Å². The molecule has 1 aromatic heterocycles. The third-order valence-electron chi connectivity index (χ3n) is 4.10. The summed E-state index contributed by atoms with van der Waals surface area (Å²) in [4.78, 5) is 7.97. The van der Waals surface area contributed by atoms with Crippen LogP contribution in [-0.4, -0.2) is 23.1 Å². The molecule has 1 fully saturated rings. The highest BCUT2D eigenvalue weighted by Gasteiger charge is 2.34. The number of nitrogens with one attached hydrogen (secondary N) is 2. The Hall–Kier alpha value is -1.42. The standard InChI is InChI=1S/C14H18FN3/c1-2-14(6-3-7-16-9-14)13-17-11-5-4-10(15)8-12(11)18-13/h4-5,8,16H,2-3,6-7,9H2,1H3,(H,17,18). The molecule has 0 spiro atoms. The maximum Gasteiger partial charge on any atom is 0.125 e. The molecular weight excluding hydrogens is 229 g/mol. The molecule has 1 saturated heterocycles. The summed E-state index contributed by atoms with van der Waals surface area (Å²) in [6.07, 6.45) is 3.35. The van der Waals surface area contributed by atoms with Gasteiger partial charge in [0, 0.05) is 12.0 Å². The molecule has 18 heavy (non-hydrogen) atoms. The molecule has 2 heterocycles. The van der Waals surface area contributed by atoms with Crippen LogP contribution >= 0.6 is 0 Å². The van der Waals surface area contributed by atoms with Gasteiger partial charge in [-0.1, -0.05) is 6.92 Å². The minimum Gasteiger partial charge on any atom is -0.341 e. The Morgan fingerprint density at radius 3 is 3.06 bits per heavy atom. The van der Waals surface area contributed by atoms with Gasteiger partial charge in [-0.2, -0.15) is 0 Å². The maximum absolute atomic E-state index is 13.2. The second-order valence-electron chi connectivity index (χ2n) is 5.16. The lowest BCUT2D eigenvalue weighted by atomic mass is 9.77. The van der Waals surface area contributed by atoms with Gasteiger partial charge in [-0.3, -0.25) is 0 Å². The van der Waals surface area contributed by atoms with Crippen LogP contribution in [0.1, 0.15) is 32.0 Å². The number of H-pyrrole nitrogens is 1. The molecule has 1 aromatic carbocycles. The van der Waals surface area contributed by atoms with Gasteiger partial charge < -0.3 is 10.3 Å². The minimum atomic E-state index is -0.218. The Morgan fingerprint density at radius 2 is 2.33 bits per heavy atom. The van der Waals surface area contributed by atoms with Crippen molar-refractivity contribution in [3.63, 3.8) is 0 Å². The molecule has 0 amide bonds. The lowest BCUT2D eigenvalue weighted by Gasteiger charge is -2.35. The number of hydrogen-bond donors (Lipinski definition) is 2. The SMILES string of the molecule is CCC1(c2nc3ccc(F)cc3[nH]2)CCCNC1. The summed E-state index contributed by atoms with van der Waals surface area (Å²) in [5, 5.41) is 3.45. The summed E-state index contributed by atoms with van der Waals surface area (Å²) in [6.45, 7) is 4.23. The lowest BCUT2D eigenvalue weighted by Crippen LogP contribution is -2.43. The number of aromatic amines is 1. The van der Waals surface area contributed by atoms with E-state index in [2.05, 4.69) is 22.2 Å². The van der Waals surface area contributed by atoms with Crippen LogP contribution in [0.15, 0.2) is 18.2 Å². The Labute approximate surface area is 106 Å². The van der Waals surface area contributed by atoms with Gasteiger partial charge in [-0.15, -0.1) is 0 Å². The maximum atomic E-state index is 13.2. The highest BCUT2D eigenvalue weighted by molar-refractivity contribution is 5.75. The van der Waals surface area contributed by atoms with Crippen LogP contribution < -0.4 is 5.32 Å². The Kier molecular flexibility index (Phi) is 2.82. The smallest absolute Gasteiger partial charge is 0.125 e. The number of fused-ring (bicyclic) bond motifs is 1. The van der Waals surface area contributed by atoms with E-state index < -0.39 is 0 Å². The van der Waals surface area contributed by atoms with Crippen molar-refractivity contribution in [3.8, 4) is 0 Å². The van der Waals surface area contributed by atoms with Gasteiger partial charge in [0.1, 0.15) is 11.6 Å². The summed E-state index contributed by atoms with van der Waals surface area (Å²) < 4.78 is 13.2. The molecule has 4 heteroatoms. The fraction of sp³-hybridized carbons (Fsp3) is 0.500. The molecule has 1 unspecified atom stereocenters. The summed E-state index contributed by atoms with van der Waals surface area (Å²) in [5.74, 6) is 0.780. The van der Waals surface area contributed by atoms with Gasteiger partial charge >= 0.3 is 0 Å². The first-order valence-electron chi connectivity index (χ1n) is 6.60. The van der Waals surface area contributed by atoms with E-state index in [1.807, 2.05) is 0 Å². The quantitative estimate of drug-likeness (QED) is 0.856. The van der Waals surface area contributed by atoms with Crippen molar-refractivity contribution < 1.29 is 4.39 Å². The monoisotopic (exact) mass is 247 g/mol. The molecule has 1 aliphatic heterocycles. The molecule has 0 aliphatic carbocycles. The molecular formula is C14H18FN3. The highest BCUT2D eigenvalue weighted by Crippen LogP contribution is 2.33. The molecule has 96 valence electrons. The average molecular weight is 247 g/mol. The van der Waals surface area contributed by atoms with Gasteiger partial charge in [0.2, 0.25) is 0 Å². The van der Waals surface area contributed by atoms with Crippen LogP contribution in [0.5, 0.6) is 0 Å². The number of piperidine rings is 1. The van der Waals surface area contributed by atoms with Crippen LogP contribution in [0.2, 0.25) is 0 Å². The van der Waals surface area contributed by atoms with E-state index in [0.29, 0.717) is 0 Å². The minimum absolute atomic E-state index is 0.0771. The van der Waals surface area contributed by atoms with Crippen molar-refractivity contribution in [1.82, 2.24) is 15.3 Å². The van der Waals surface area contributed by atoms with Crippen molar-refractivity contribution in [1.29, 1.82) is 0 Å². The van der Waals surface area contributed by atoms with Gasteiger partial charge in [0.05, 0.1) is 11.0 Å². The summed E-state index contributed by atoms with van der Waals surface area (Å²) in [7, 11) is 0. The topological polar surface area (TPSA) is 40.7 Å². The Bertz CT molecular complexity index is 555. The number of rotatable bonds is 2. The lowest BCUT2D eigenvalue weighted by molar-refractivity contribution is 0.290. The van der Waals surface area contributed by atoms with Crippen LogP contribution in [0.3, 0.4) is 0 Å². The zero-order valence-electron chi connectivity index (χ0n) is 10.6. The second-order valence-corrected chi connectivity index (χ2v) is 5.16. The van der Waals surface area contributed by atoms with Gasteiger partial charge in [0.15, 0.2) is 0 Å². The van der Waals surface area contributed by atoms with E-state index >= 15 is 0 Å². The molecule has 0 bridgehead atoms. The molecule has 1 atom stereocenters. The van der Waals surface area contributed by atoms with Crippen molar-refractivity contribution in [2.75, 3.05) is 13.1 Å². The third kappa shape index (κ3) is 1.81. The summed E-state index contributed by atoms with van der Waals surface area (Å²) >= 11 is 0. The molecule has 1 aliphatic rings. The van der Waals surface area contributed by atoms with Crippen LogP contribution in [0, 0.1) is 5.82 Å². The van der Waals surface area contributed by atoms with Gasteiger partial charge in [0.25, 0.3) is 0 Å². The fourth-order valence-corrected chi connectivity index (χ4v) is 2.87. The largest absolute Gasteiger partial charge is 0.341 e. The number of halogens is 1. The summed E-state index contributed by atoms with van der Waals surface area (Å²) in [5.41, 5.74) is 1.72. The van der Waals surface area contributed by atoms with Crippen LogP contribution in [0.4, 0.5) is 4.39 Å². The zero-order chi connectivity index (χ0) is 12.6. The Balaban J connectivity index is 2.06. The normalized spacial score (nSPS) is 24.6. The van der Waals surface area contributed by atoms with Crippen LogP contribution in [-0.2, 0) is 5.41 Å². The Morgan fingerprint density at radius 1 is 1.44 bits per heavy atom. The molecule has 0 radical (unpaired) electrons. The van der Waals surface area contributed by atoms with E-state index in [1.54, 1.807) is 6.07 Å². The molecule has 3 nitrogen and oxygen atoms in total. The van der Waals surface area contributed by atoms with Gasteiger partial charge in [-0.25, -0.2) is 9.37 Å². The highest BCUT2D eigenvalue weighted by atomic mass is 19.1. The van der Waals surface area contributed by atoms with E-state index in [9.17, 15) is 4.39 Å². The predicted molar refractivity (Wildman–Crippen MR) is 70.1 cm³/mol. The number of nitrogens with zero attached hydrogens (tertiary/aromatic N) is 1. The van der Waals surface area contributed by atoms with Crippen molar-refractivity contribution in [2.24, 2.45) is 0 Å². The number of imidazole rings is 1. The van der Waals surface area contributed by atoms with E-state index in [4.69, 9.17) is 0 Å².